The van der Waals surface area contributed by atoms with Crippen molar-refractivity contribution < 1.29 is 9.90 Å². The summed E-state index contributed by atoms with van der Waals surface area (Å²) >= 11 is 3.39. The summed E-state index contributed by atoms with van der Waals surface area (Å²) in [6.45, 7) is 0. The number of nitrogens with one attached hydrogen (secondary N) is 2. The van der Waals surface area contributed by atoms with Crippen LogP contribution in [0.5, 0.6) is 5.75 Å². The van der Waals surface area contributed by atoms with Crippen LogP contribution in [0, 0.1) is 0 Å². The second-order valence-electron chi connectivity index (χ2n) is 6.09. The summed E-state index contributed by atoms with van der Waals surface area (Å²) in [5.41, 5.74) is 4.84. The molecule has 138 valence electrons. The Morgan fingerprint density at radius 1 is 1.11 bits per heavy atom. The molecule has 0 aliphatic heterocycles. The van der Waals surface area contributed by atoms with E-state index in [0.29, 0.717) is 11.3 Å². The highest BCUT2D eigenvalue weighted by atomic mass is 79.9. The predicted octanol–water partition coefficient (Wildman–Crippen LogP) is 4.46. The highest BCUT2D eigenvalue weighted by Crippen LogP contribution is 2.25. The van der Waals surface area contributed by atoms with Crippen molar-refractivity contribution in [1.29, 1.82) is 0 Å². The molecule has 3 aromatic carbocycles. The van der Waals surface area contributed by atoms with Crippen LogP contribution < -0.4 is 5.43 Å². The van der Waals surface area contributed by atoms with E-state index >= 15 is 0 Å². The summed E-state index contributed by atoms with van der Waals surface area (Å²) in [5.74, 6) is -0.331. The normalized spacial score (nSPS) is 11.2. The van der Waals surface area contributed by atoms with E-state index in [4.69, 9.17) is 0 Å². The lowest BCUT2D eigenvalue weighted by Gasteiger charge is -2.04. The van der Waals surface area contributed by atoms with Gasteiger partial charge in [0.1, 0.15) is 11.4 Å². The number of benzene rings is 3. The second-order valence-corrected chi connectivity index (χ2v) is 7.01. The number of hydrogen-bond acceptors (Lipinski definition) is 4. The molecule has 0 aliphatic carbocycles. The molecule has 0 atom stereocenters. The first-order chi connectivity index (χ1) is 13.6. The number of H-pyrrole nitrogens is 1. The maximum Gasteiger partial charge on any atom is 0.289 e. The summed E-state index contributed by atoms with van der Waals surface area (Å²) < 4.78 is 0.968. The summed E-state index contributed by atoms with van der Waals surface area (Å²) in [4.78, 5) is 12.3. The van der Waals surface area contributed by atoms with Crippen LogP contribution in [-0.4, -0.2) is 27.4 Å². The Morgan fingerprint density at radius 2 is 1.89 bits per heavy atom. The Morgan fingerprint density at radius 3 is 2.71 bits per heavy atom. The fourth-order valence-electron chi connectivity index (χ4n) is 2.84. The zero-order chi connectivity index (χ0) is 19.5. The van der Waals surface area contributed by atoms with E-state index < -0.39 is 5.91 Å². The van der Waals surface area contributed by atoms with E-state index in [1.54, 1.807) is 12.1 Å². The van der Waals surface area contributed by atoms with Gasteiger partial charge in [-0.15, -0.1) is 0 Å². The van der Waals surface area contributed by atoms with E-state index in [1.807, 2.05) is 54.6 Å². The number of fused-ring (bicyclic) bond motifs is 1. The summed E-state index contributed by atoms with van der Waals surface area (Å²) in [6, 6.07) is 20.3. The number of halogens is 1. The number of hydrogen-bond donors (Lipinski definition) is 3. The molecule has 0 saturated carbocycles. The summed E-state index contributed by atoms with van der Waals surface area (Å²) in [5, 5.41) is 22.8. The molecule has 4 rings (SSSR count). The monoisotopic (exact) mass is 434 g/mol. The second kappa shape index (κ2) is 7.66. The SMILES string of the molecule is O=C(NN=Cc1c(O)ccc2ccccc12)c1cc(-c2ccc(Br)cc2)n[nH]1. The molecule has 3 N–H and O–H groups in total. The molecule has 28 heavy (non-hydrogen) atoms. The molecule has 0 bridgehead atoms. The van der Waals surface area contributed by atoms with Crippen LogP contribution in [0.25, 0.3) is 22.0 Å². The number of carbonyl (C=O) groups is 1. The Bertz CT molecular complexity index is 1180. The number of phenols is 1. The minimum Gasteiger partial charge on any atom is -0.507 e. The average molecular weight is 435 g/mol. The fraction of sp³-hybridized carbons (Fsp3) is 0. The third kappa shape index (κ3) is 3.65. The Balaban J connectivity index is 1.51. The third-order valence-corrected chi connectivity index (χ3v) is 4.80. The van der Waals surface area contributed by atoms with Gasteiger partial charge in [0.15, 0.2) is 0 Å². The van der Waals surface area contributed by atoms with Crippen molar-refractivity contribution in [1.82, 2.24) is 15.6 Å². The van der Waals surface area contributed by atoms with Crippen molar-refractivity contribution in [2.45, 2.75) is 0 Å². The topological polar surface area (TPSA) is 90.4 Å². The average Bonchev–Trinajstić information content (AvgIpc) is 3.20. The number of phenolic OH excluding ortho intramolecular Hbond substituents is 1. The molecule has 1 aromatic heterocycles. The van der Waals surface area contributed by atoms with Gasteiger partial charge in [-0.1, -0.05) is 58.4 Å². The van der Waals surface area contributed by atoms with E-state index in [9.17, 15) is 9.90 Å². The molecule has 7 heteroatoms. The first-order valence-corrected chi connectivity index (χ1v) is 9.26. The first kappa shape index (κ1) is 17.9. The zero-order valence-corrected chi connectivity index (χ0v) is 16.1. The van der Waals surface area contributed by atoms with Crippen LogP contribution in [0.4, 0.5) is 0 Å². The molecular formula is C21H15BrN4O2. The van der Waals surface area contributed by atoms with E-state index in [0.717, 1.165) is 20.8 Å². The Labute approximate surface area is 169 Å². The molecule has 4 aromatic rings. The Hall–Kier alpha value is -3.45. The molecule has 0 unspecified atom stereocenters. The van der Waals surface area contributed by atoms with Crippen LogP contribution >= 0.6 is 15.9 Å². The van der Waals surface area contributed by atoms with Crippen LogP contribution in [0.2, 0.25) is 0 Å². The van der Waals surface area contributed by atoms with Crippen molar-refractivity contribution in [2.24, 2.45) is 5.10 Å². The van der Waals surface area contributed by atoms with E-state index in [1.165, 1.54) is 6.21 Å². The van der Waals surface area contributed by atoms with Gasteiger partial charge >= 0.3 is 0 Å². The fourth-order valence-corrected chi connectivity index (χ4v) is 3.11. The molecule has 1 heterocycles. The summed E-state index contributed by atoms with van der Waals surface area (Å²) in [6.07, 6.45) is 1.43. The van der Waals surface area contributed by atoms with Crippen molar-refractivity contribution in [3.8, 4) is 17.0 Å². The molecule has 6 nitrogen and oxygen atoms in total. The van der Waals surface area contributed by atoms with Gasteiger partial charge < -0.3 is 5.11 Å². The molecular weight excluding hydrogens is 420 g/mol. The number of nitrogens with zero attached hydrogens (tertiary/aromatic N) is 2. The highest BCUT2D eigenvalue weighted by molar-refractivity contribution is 9.10. The van der Waals surface area contributed by atoms with Crippen LogP contribution in [0.15, 0.2) is 76.3 Å². The van der Waals surface area contributed by atoms with Crippen molar-refractivity contribution in [2.75, 3.05) is 0 Å². The van der Waals surface area contributed by atoms with E-state index in [-0.39, 0.29) is 11.4 Å². The largest absolute Gasteiger partial charge is 0.507 e. The van der Waals surface area contributed by atoms with Gasteiger partial charge in [-0.05, 0) is 35.0 Å². The van der Waals surface area contributed by atoms with Crippen molar-refractivity contribution in [3.05, 3.63) is 82.5 Å². The van der Waals surface area contributed by atoms with E-state index in [2.05, 4.69) is 36.7 Å². The lowest BCUT2D eigenvalue weighted by molar-refractivity contribution is 0.0950. The summed E-state index contributed by atoms with van der Waals surface area (Å²) in [7, 11) is 0. The van der Waals surface area contributed by atoms with Gasteiger partial charge in [0.2, 0.25) is 0 Å². The van der Waals surface area contributed by atoms with Crippen LogP contribution in [-0.2, 0) is 0 Å². The smallest absolute Gasteiger partial charge is 0.289 e. The number of rotatable bonds is 4. The standard InChI is InChI=1S/C21H15BrN4O2/c22-15-8-5-14(6-9-15)18-11-19(25-24-18)21(28)26-23-12-17-16-4-2-1-3-13(16)7-10-20(17)27/h1-12,27H,(H,24,25)(H,26,28). The number of aromatic hydroxyl groups is 1. The quantitative estimate of drug-likeness (QED) is 0.327. The maximum atomic E-state index is 12.3. The van der Waals surface area contributed by atoms with Gasteiger partial charge in [0, 0.05) is 15.6 Å². The molecule has 1 amide bonds. The zero-order valence-electron chi connectivity index (χ0n) is 14.6. The van der Waals surface area contributed by atoms with Gasteiger partial charge in [0.05, 0.1) is 11.9 Å². The maximum absolute atomic E-state index is 12.3. The predicted molar refractivity (Wildman–Crippen MR) is 112 cm³/mol. The molecule has 0 spiro atoms. The van der Waals surface area contributed by atoms with Crippen LogP contribution in [0.1, 0.15) is 16.1 Å². The van der Waals surface area contributed by atoms with Gasteiger partial charge in [0.25, 0.3) is 5.91 Å². The van der Waals surface area contributed by atoms with Gasteiger partial charge in [-0.25, -0.2) is 5.43 Å². The van der Waals surface area contributed by atoms with Gasteiger partial charge in [-0.3, -0.25) is 9.89 Å². The number of aromatic amines is 1. The van der Waals surface area contributed by atoms with Crippen molar-refractivity contribution >= 4 is 38.8 Å². The molecule has 0 saturated heterocycles. The molecule has 0 aliphatic rings. The lowest BCUT2D eigenvalue weighted by Crippen LogP contribution is -2.18. The lowest BCUT2D eigenvalue weighted by atomic mass is 10.0. The molecule has 0 fully saturated rings. The number of hydrazone groups is 1. The molecule has 0 radical (unpaired) electrons. The third-order valence-electron chi connectivity index (χ3n) is 4.27. The van der Waals surface area contributed by atoms with Crippen molar-refractivity contribution in [3.63, 3.8) is 0 Å². The number of carbonyl (C=O) groups excluding carboxylic acids is 1. The number of amides is 1. The highest BCUT2D eigenvalue weighted by Gasteiger charge is 2.11. The van der Waals surface area contributed by atoms with Gasteiger partial charge in [-0.2, -0.15) is 10.2 Å². The first-order valence-electron chi connectivity index (χ1n) is 8.47. The van der Waals surface area contributed by atoms with Crippen LogP contribution in [0.3, 0.4) is 0 Å². The Kier molecular flexibility index (Phi) is 4.90. The minimum absolute atomic E-state index is 0.0933. The minimum atomic E-state index is -0.424. The number of aromatic nitrogens is 2.